The van der Waals surface area contributed by atoms with E-state index in [1.807, 2.05) is 0 Å². The summed E-state index contributed by atoms with van der Waals surface area (Å²) in [6.07, 6.45) is -1.68. The molecule has 6 rings (SSSR count). The summed E-state index contributed by atoms with van der Waals surface area (Å²) in [5.41, 5.74) is 1.14. The Morgan fingerprint density at radius 3 is 2.64 bits per heavy atom. The van der Waals surface area contributed by atoms with Crippen LogP contribution < -0.4 is 5.32 Å². The van der Waals surface area contributed by atoms with E-state index >= 15 is 0 Å². The van der Waals surface area contributed by atoms with Crippen LogP contribution in [-0.4, -0.2) is 52.2 Å². The van der Waals surface area contributed by atoms with E-state index in [1.165, 1.54) is 12.4 Å². The van der Waals surface area contributed by atoms with Crippen LogP contribution in [0.15, 0.2) is 30.6 Å². The number of benzene rings is 1. The highest BCUT2D eigenvalue weighted by molar-refractivity contribution is 5.88. The van der Waals surface area contributed by atoms with Gasteiger partial charge in [0.15, 0.2) is 0 Å². The summed E-state index contributed by atoms with van der Waals surface area (Å²) in [7, 11) is 0. The van der Waals surface area contributed by atoms with Crippen LogP contribution in [0.3, 0.4) is 0 Å². The lowest BCUT2D eigenvalue weighted by molar-refractivity contribution is -0.140. The van der Waals surface area contributed by atoms with Gasteiger partial charge in [-0.25, -0.2) is 14.4 Å². The van der Waals surface area contributed by atoms with E-state index in [4.69, 9.17) is 4.74 Å². The molecule has 0 saturated carbocycles. The molecule has 10 heteroatoms. The highest BCUT2D eigenvalue weighted by Crippen LogP contribution is 2.41. The molecule has 33 heavy (non-hydrogen) atoms. The van der Waals surface area contributed by atoms with Gasteiger partial charge in [0, 0.05) is 31.0 Å². The molecule has 0 radical (unpaired) electrons. The first kappa shape index (κ1) is 20.9. The Morgan fingerprint density at radius 1 is 1.09 bits per heavy atom. The largest absolute Gasteiger partial charge is 0.431 e. The number of anilines is 1. The van der Waals surface area contributed by atoms with Crippen LogP contribution in [0, 0.1) is 17.7 Å². The number of fused-ring (bicyclic) bond motifs is 3. The summed E-state index contributed by atoms with van der Waals surface area (Å²) in [5, 5.41) is 3.71. The molecule has 0 spiro atoms. The number of alkyl halides is 3. The van der Waals surface area contributed by atoms with Gasteiger partial charge in [-0.3, -0.25) is 4.90 Å². The summed E-state index contributed by atoms with van der Waals surface area (Å²) in [4.78, 5) is 13.1. The van der Waals surface area contributed by atoms with E-state index in [9.17, 15) is 17.6 Å². The fourth-order valence-electron chi connectivity index (χ4n) is 5.69. The number of nitrogens with zero attached hydrogens (tertiary/aromatic N) is 3. The molecular formula is C23H23F4N5O. The van der Waals surface area contributed by atoms with Crippen molar-refractivity contribution in [3.63, 3.8) is 0 Å². The van der Waals surface area contributed by atoms with Crippen LogP contribution in [0.5, 0.6) is 0 Å². The molecule has 4 heterocycles. The zero-order chi connectivity index (χ0) is 22.7. The maximum atomic E-state index is 13.9. The Balaban J connectivity index is 1.38. The molecule has 1 aromatic carbocycles. The molecule has 2 fully saturated rings. The van der Waals surface area contributed by atoms with E-state index in [2.05, 4.69) is 25.2 Å². The van der Waals surface area contributed by atoms with Crippen molar-refractivity contribution in [3.05, 3.63) is 53.2 Å². The molecule has 0 amide bonds. The SMILES string of the molecule is Fc1ccc2c(c1)CC[C@@H](N1C[C@@H]3COC[C@H]3C1)[C@@H]2Nc1ncnc2[nH]c(C(F)(F)F)cc12. The number of ether oxygens (including phenoxy) is 1. The Kier molecular flexibility index (Phi) is 4.84. The lowest BCUT2D eigenvalue weighted by Gasteiger charge is -2.40. The lowest BCUT2D eigenvalue weighted by atomic mass is 9.83. The Bertz CT molecular complexity index is 1180. The number of aryl methyl sites for hydroxylation is 1. The maximum absolute atomic E-state index is 13.9. The summed E-state index contributed by atoms with van der Waals surface area (Å²) in [6.45, 7) is 3.38. The molecular weight excluding hydrogens is 438 g/mol. The number of aromatic amines is 1. The smallest absolute Gasteiger partial charge is 0.381 e. The minimum absolute atomic E-state index is 0.111. The first-order chi connectivity index (χ1) is 15.9. The van der Waals surface area contributed by atoms with E-state index in [-0.39, 0.29) is 28.9 Å². The predicted octanol–water partition coefficient (Wildman–Crippen LogP) is 4.16. The summed E-state index contributed by atoms with van der Waals surface area (Å²) >= 11 is 0. The highest BCUT2D eigenvalue weighted by Gasteiger charge is 2.43. The predicted molar refractivity (Wildman–Crippen MR) is 113 cm³/mol. The fourth-order valence-corrected chi connectivity index (χ4v) is 5.69. The molecule has 3 aromatic rings. The van der Waals surface area contributed by atoms with Crippen molar-refractivity contribution >= 4 is 16.9 Å². The first-order valence-corrected chi connectivity index (χ1v) is 11.1. The van der Waals surface area contributed by atoms with E-state index in [1.54, 1.807) is 12.1 Å². The molecule has 1 aliphatic carbocycles. The van der Waals surface area contributed by atoms with Crippen LogP contribution in [-0.2, 0) is 17.3 Å². The van der Waals surface area contributed by atoms with Gasteiger partial charge in [-0.05, 0) is 42.2 Å². The van der Waals surface area contributed by atoms with Gasteiger partial charge in [-0.2, -0.15) is 13.2 Å². The average Bonchev–Trinajstić information content (AvgIpc) is 3.48. The van der Waals surface area contributed by atoms with Gasteiger partial charge < -0.3 is 15.0 Å². The lowest BCUT2D eigenvalue weighted by Crippen LogP contribution is -2.44. The van der Waals surface area contributed by atoms with E-state index in [0.29, 0.717) is 17.7 Å². The molecule has 2 N–H and O–H groups in total. The summed E-state index contributed by atoms with van der Waals surface area (Å²) in [5.74, 6) is 1.06. The number of halogens is 4. The van der Waals surface area contributed by atoms with Gasteiger partial charge >= 0.3 is 6.18 Å². The number of likely N-dealkylation sites (tertiary alicyclic amines) is 1. The van der Waals surface area contributed by atoms with Crippen molar-refractivity contribution in [3.8, 4) is 0 Å². The third-order valence-corrected chi connectivity index (χ3v) is 7.30. The Morgan fingerprint density at radius 2 is 1.88 bits per heavy atom. The summed E-state index contributed by atoms with van der Waals surface area (Å²) in [6, 6.07) is 5.69. The van der Waals surface area contributed by atoms with Crippen molar-refractivity contribution < 1.29 is 22.3 Å². The molecule has 0 unspecified atom stereocenters. The van der Waals surface area contributed by atoms with Gasteiger partial charge in [-0.15, -0.1) is 0 Å². The van der Waals surface area contributed by atoms with Gasteiger partial charge in [0.2, 0.25) is 0 Å². The number of nitrogens with one attached hydrogen (secondary N) is 2. The van der Waals surface area contributed by atoms with Gasteiger partial charge in [0.1, 0.15) is 29.3 Å². The van der Waals surface area contributed by atoms with Crippen molar-refractivity contribution in [2.75, 3.05) is 31.6 Å². The first-order valence-electron chi connectivity index (χ1n) is 11.1. The molecule has 174 valence electrons. The van der Waals surface area contributed by atoms with Crippen LogP contribution in [0.2, 0.25) is 0 Å². The molecule has 3 aliphatic rings. The zero-order valence-corrected chi connectivity index (χ0v) is 17.7. The van der Waals surface area contributed by atoms with Gasteiger partial charge in [-0.1, -0.05) is 6.07 Å². The third-order valence-electron chi connectivity index (χ3n) is 7.30. The molecule has 0 bridgehead atoms. The minimum atomic E-state index is -4.51. The second-order valence-corrected chi connectivity index (χ2v) is 9.25. The number of hydrogen-bond acceptors (Lipinski definition) is 5. The average molecular weight is 461 g/mol. The molecule has 2 aromatic heterocycles. The van der Waals surface area contributed by atoms with Crippen molar-refractivity contribution in [1.82, 2.24) is 19.9 Å². The van der Waals surface area contributed by atoms with Gasteiger partial charge in [0.25, 0.3) is 0 Å². The number of hydrogen-bond donors (Lipinski definition) is 2. The van der Waals surface area contributed by atoms with Crippen LogP contribution in [0.4, 0.5) is 23.4 Å². The van der Waals surface area contributed by atoms with E-state index in [0.717, 1.165) is 56.3 Å². The minimum Gasteiger partial charge on any atom is -0.381 e. The van der Waals surface area contributed by atoms with E-state index < -0.39 is 11.9 Å². The van der Waals surface area contributed by atoms with Crippen LogP contribution >= 0.6 is 0 Å². The molecule has 2 aliphatic heterocycles. The van der Waals surface area contributed by atoms with Crippen molar-refractivity contribution in [1.29, 1.82) is 0 Å². The number of H-pyrrole nitrogens is 1. The number of aromatic nitrogens is 3. The molecule has 4 atom stereocenters. The van der Waals surface area contributed by atoms with Crippen LogP contribution in [0.25, 0.3) is 11.0 Å². The van der Waals surface area contributed by atoms with Gasteiger partial charge in [0.05, 0.1) is 24.6 Å². The van der Waals surface area contributed by atoms with Crippen molar-refractivity contribution in [2.45, 2.75) is 31.1 Å². The Hall–Kier alpha value is -2.72. The third kappa shape index (κ3) is 3.65. The monoisotopic (exact) mass is 461 g/mol. The number of rotatable bonds is 3. The topological polar surface area (TPSA) is 66.1 Å². The second kappa shape index (κ2) is 7.66. The molecule has 6 nitrogen and oxygen atoms in total. The second-order valence-electron chi connectivity index (χ2n) is 9.25. The Labute approximate surface area is 187 Å². The zero-order valence-electron chi connectivity index (χ0n) is 17.7. The fraction of sp³-hybridized carbons (Fsp3) is 0.478. The van der Waals surface area contributed by atoms with Crippen molar-refractivity contribution in [2.24, 2.45) is 11.8 Å². The summed E-state index contributed by atoms with van der Waals surface area (Å²) < 4.78 is 59.4. The standard InChI is InChI=1S/C23H23F4N5O/c24-15-2-3-16-12(5-15)1-4-18(32-7-13-9-33-10-14(13)8-32)20(16)31-22-17-6-19(23(25,26)27)30-21(17)28-11-29-22/h2-3,5-6,11,13-14,18,20H,1,4,7-10H2,(H2,28,29,30,31)/t13-,14-,18-,20-/m1/s1. The quantitative estimate of drug-likeness (QED) is 0.574. The highest BCUT2D eigenvalue weighted by atomic mass is 19.4. The van der Waals surface area contributed by atoms with Crippen LogP contribution in [0.1, 0.15) is 29.3 Å². The molecule has 2 saturated heterocycles. The normalized spacial score (nSPS) is 27.6. The maximum Gasteiger partial charge on any atom is 0.431 e.